The van der Waals surface area contributed by atoms with Gasteiger partial charge >= 0.3 is 0 Å². The SMILES string of the molecule is O=C1C[C@H](c2cccc(Cl)c2)[C@@H](n2cncn2)C(O)=C1[C@H]1NCCc2ccccc21. The number of hydrogen-bond donors (Lipinski definition) is 2. The van der Waals surface area contributed by atoms with E-state index in [9.17, 15) is 9.90 Å². The molecule has 0 amide bonds. The summed E-state index contributed by atoms with van der Waals surface area (Å²) in [6, 6.07) is 14.6. The Morgan fingerprint density at radius 1 is 1.17 bits per heavy atom. The Morgan fingerprint density at radius 2 is 2.03 bits per heavy atom. The van der Waals surface area contributed by atoms with Crippen LogP contribution in [0, 0.1) is 0 Å². The first-order chi connectivity index (χ1) is 14.6. The number of benzene rings is 2. The number of fused-ring (bicyclic) bond motifs is 1. The Hall–Kier alpha value is -2.96. The van der Waals surface area contributed by atoms with Crippen LogP contribution in [0.5, 0.6) is 0 Å². The van der Waals surface area contributed by atoms with Crippen molar-refractivity contribution < 1.29 is 9.90 Å². The third-order valence-electron chi connectivity index (χ3n) is 6.04. The highest BCUT2D eigenvalue weighted by molar-refractivity contribution is 6.30. The van der Waals surface area contributed by atoms with E-state index in [0.717, 1.165) is 24.1 Å². The van der Waals surface area contributed by atoms with Crippen molar-refractivity contribution in [3.63, 3.8) is 0 Å². The number of ketones is 1. The highest BCUT2D eigenvalue weighted by Gasteiger charge is 2.42. The molecule has 0 saturated carbocycles. The van der Waals surface area contributed by atoms with Crippen LogP contribution in [0.1, 0.15) is 41.1 Å². The number of allylic oxidation sites excluding steroid dienone is 1. The van der Waals surface area contributed by atoms with E-state index in [0.29, 0.717) is 10.6 Å². The summed E-state index contributed by atoms with van der Waals surface area (Å²) < 4.78 is 1.63. The summed E-state index contributed by atoms with van der Waals surface area (Å²) in [5.74, 6) is -0.320. The summed E-state index contributed by atoms with van der Waals surface area (Å²) in [5, 5.41) is 19.8. The molecule has 5 rings (SSSR count). The van der Waals surface area contributed by atoms with Crippen molar-refractivity contribution in [2.24, 2.45) is 0 Å². The molecule has 3 aromatic rings. The summed E-state index contributed by atoms with van der Waals surface area (Å²) in [4.78, 5) is 17.4. The molecule has 7 heteroatoms. The maximum atomic E-state index is 13.4. The molecule has 0 fully saturated rings. The van der Waals surface area contributed by atoms with E-state index in [1.807, 2.05) is 36.4 Å². The molecular formula is C23H21ClN4O2. The highest BCUT2D eigenvalue weighted by Crippen LogP contribution is 2.45. The molecule has 2 N–H and O–H groups in total. The monoisotopic (exact) mass is 420 g/mol. The molecule has 0 bridgehead atoms. The van der Waals surface area contributed by atoms with Gasteiger partial charge in [0.1, 0.15) is 24.5 Å². The van der Waals surface area contributed by atoms with E-state index < -0.39 is 6.04 Å². The molecule has 1 aromatic heterocycles. The first kappa shape index (κ1) is 19.0. The minimum absolute atomic E-state index is 0.0379. The zero-order valence-electron chi connectivity index (χ0n) is 16.2. The third-order valence-corrected chi connectivity index (χ3v) is 6.27. The molecule has 6 nitrogen and oxygen atoms in total. The molecule has 2 heterocycles. The van der Waals surface area contributed by atoms with Gasteiger partial charge in [0.15, 0.2) is 5.78 Å². The minimum atomic E-state index is -0.533. The number of aliphatic hydroxyl groups is 1. The molecule has 152 valence electrons. The van der Waals surface area contributed by atoms with Crippen LogP contribution >= 0.6 is 11.6 Å². The lowest BCUT2D eigenvalue weighted by Gasteiger charge is -2.36. The average molecular weight is 421 g/mol. The topological polar surface area (TPSA) is 80.0 Å². The van der Waals surface area contributed by atoms with E-state index >= 15 is 0 Å². The summed E-state index contributed by atoms with van der Waals surface area (Å²) in [6.45, 7) is 0.747. The Morgan fingerprint density at radius 3 is 2.83 bits per heavy atom. The second-order valence-electron chi connectivity index (χ2n) is 7.74. The predicted molar refractivity (Wildman–Crippen MR) is 113 cm³/mol. The quantitative estimate of drug-likeness (QED) is 0.671. The maximum absolute atomic E-state index is 13.4. The van der Waals surface area contributed by atoms with Gasteiger partial charge in [0.05, 0.1) is 11.6 Å². The van der Waals surface area contributed by atoms with Crippen molar-refractivity contribution in [3.8, 4) is 0 Å². The van der Waals surface area contributed by atoms with E-state index in [4.69, 9.17) is 11.6 Å². The van der Waals surface area contributed by atoms with Gasteiger partial charge in [-0.05, 0) is 35.2 Å². The second kappa shape index (κ2) is 7.70. The molecule has 3 atom stereocenters. The van der Waals surface area contributed by atoms with Crippen LogP contribution < -0.4 is 5.32 Å². The third kappa shape index (κ3) is 3.22. The average Bonchev–Trinajstić information content (AvgIpc) is 3.28. The van der Waals surface area contributed by atoms with Crippen molar-refractivity contribution >= 4 is 17.4 Å². The molecule has 2 aliphatic rings. The number of nitrogens with zero attached hydrogens (tertiary/aromatic N) is 3. The van der Waals surface area contributed by atoms with Gasteiger partial charge in [0.25, 0.3) is 0 Å². The Labute approximate surface area is 179 Å². The number of carbonyl (C=O) groups is 1. The van der Waals surface area contributed by atoms with Crippen LogP contribution in [0.3, 0.4) is 0 Å². The smallest absolute Gasteiger partial charge is 0.164 e. The fourth-order valence-corrected chi connectivity index (χ4v) is 4.89. The van der Waals surface area contributed by atoms with Crippen LogP contribution in [0.15, 0.2) is 72.5 Å². The van der Waals surface area contributed by atoms with Crippen molar-refractivity contribution in [1.29, 1.82) is 0 Å². The van der Waals surface area contributed by atoms with Crippen molar-refractivity contribution in [2.75, 3.05) is 6.54 Å². The summed E-state index contributed by atoms with van der Waals surface area (Å²) >= 11 is 6.21. The van der Waals surface area contributed by atoms with Gasteiger partial charge in [-0.1, -0.05) is 48.0 Å². The summed E-state index contributed by atoms with van der Waals surface area (Å²) in [7, 11) is 0. The van der Waals surface area contributed by atoms with Crippen molar-refractivity contribution in [1.82, 2.24) is 20.1 Å². The summed E-state index contributed by atoms with van der Waals surface area (Å²) in [5.41, 5.74) is 3.54. The molecular weight excluding hydrogens is 400 g/mol. The first-order valence-corrected chi connectivity index (χ1v) is 10.4. The molecule has 0 saturated heterocycles. The Balaban J connectivity index is 1.65. The minimum Gasteiger partial charge on any atom is -0.510 e. The second-order valence-corrected chi connectivity index (χ2v) is 8.18. The van der Waals surface area contributed by atoms with Crippen LogP contribution in [-0.4, -0.2) is 32.2 Å². The van der Waals surface area contributed by atoms with E-state index in [2.05, 4.69) is 21.5 Å². The van der Waals surface area contributed by atoms with Gasteiger partial charge in [-0.25, -0.2) is 9.67 Å². The lowest BCUT2D eigenvalue weighted by molar-refractivity contribution is -0.117. The van der Waals surface area contributed by atoms with Crippen LogP contribution in [-0.2, 0) is 11.2 Å². The normalized spacial score (nSPS) is 24.0. The van der Waals surface area contributed by atoms with Crippen LogP contribution in [0.25, 0.3) is 0 Å². The number of nitrogens with one attached hydrogen (secondary N) is 1. The molecule has 2 aromatic carbocycles. The number of carbonyl (C=O) groups excluding carboxylic acids is 1. The number of Topliss-reactive ketones (excluding diaryl/α,β-unsaturated/α-hetero) is 1. The van der Waals surface area contributed by atoms with Crippen molar-refractivity contribution in [2.45, 2.75) is 30.8 Å². The predicted octanol–water partition coefficient (Wildman–Crippen LogP) is 3.93. The Bertz CT molecular complexity index is 1130. The Kier molecular flexibility index (Phi) is 4.89. The molecule has 1 aliphatic carbocycles. The van der Waals surface area contributed by atoms with Gasteiger partial charge in [0, 0.05) is 23.9 Å². The number of rotatable bonds is 3. The van der Waals surface area contributed by atoms with Crippen LogP contribution in [0.4, 0.5) is 0 Å². The number of halogens is 1. The molecule has 0 unspecified atom stereocenters. The van der Waals surface area contributed by atoms with E-state index in [1.165, 1.54) is 11.9 Å². The number of aliphatic hydroxyl groups excluding tert-OH is 1. The van der Waals surface area contributed by atoms with Gasteiger partial charge < -0.3 is 10.4 Å². The van der Waals surface area contributed by atoms with Gasteiger partial charge in [0.2, 0.25) is 0 Å². The first-order valence-electron chi connectivity index (χ1n) is 10.0. The fraction of sp³-hybridized carbons (Fsp3) is 0.261. The van der Waals surface area contributed by atoms with Gasteiger partial charge in [-0.3, -0.25) is 4.79 Å². The highest BCUT2D eigenvalue weighted by atomic mass is 35.5. The largest absolute Gasteiger partial charge is 0.510 e. The lowest BCUT2D eigenvalue weighted by atomic mass is 9.75. The number of hydrogen-bond acceptors (Lipinski definition) is 5. The fourth-order valence-electron chi connectivity index (χ4n) is 4.69. The zero-order valence-corrected chi connectivity index (χ0v) is 17.0. The number of aromatic nitrogens is 3. The lowest BCUT2D eigenvalue weighted by Crippen LogP contribution is -2.38. The molecule has 30 heavy (non-hydrogen) atoms. The van der Waals surface area contributed by atoms with Gasteiger partial charge in [-0.15, -0.1) is 0 Å². The maximum Gasteiger partial charge on any atom is 0.164 e. The van der Waals surface area contributed by atoms with Gasteiger partial charge in [-0.2, -0.15) is 5.10 Å². The van der Waals surface area contributed by atoms with Crippen molar-refractivity contribution in [3.05, 3.63) is 94.2 Å². The van der Waals surface area contributed by atoms with E-state index in [1.54, 1.807) is 17.1 Å². The summed E-state index contributed by atoms with van der Waals surface area (Å²) in [6.07, 6.45) is 4.16. The van der Waals surface area contributed by atoms with Crippen LogP contribution in [0.2, 0.25) is 5.02 Å². The molecule has 0 spiro atoms. The molecule has 1 aliphatic heterocycles. The molecule has 0 radical (unpaired) electrons. The standard InChI is InChI=1S/C23H21ClN4O2/c24-16-6-3-5-15(10-16)18-11-19(29)20(23(30)22(18)28-13-25-12-27-28)21-17-7-2-1-4-14(17)8-9-26-21/h1-7,10,12-13,18,21-22,26,30H,8-9,11H2/t18-,21+,22-/m1/s1. The van der Waals surface area contributed by atoms with E-state index in [-0.39, 0.29) is 29.9 Å². The zero-order chi connectivity index (χ0) is 20.7.